The van der Waals surface area contributed by atoms with Crippen molar-refractivity contribution in [3.05, 3.63) is 39.5 Å². The van der Waals surface area contributed by atoms with E-state index in [9.17, 15) is 8.42 Å². The lowest BCUT2D eigenvalue weighted by molar-refractivity contribution is 0.592. The fraction of sp³-hybridized carbons (Fsp3) is 0.333. The lowest BCUT2D eigenvalue weighted by Gasteiger charge is -2.11. The molecule has 3 aromatic rings. The summed E-state index contributed by atoms with van der Waals surface area (Å²) < 4.78 is 29.8. The van der Waals surface area contributed by atoms with E-state index in [1.807, 2.05) is 13.8 Å². The predicted molar refractivity (Wildman–Crippen MR) is 96.7 cm³/mol. The van der Waals surface area contributed by atoms with Gasteiger partial charge in [0, 0.05) is 10.9 Å². The Balaban J connectivity index is 2.11. The number of benzene rings is 1. The van der Waals surface area contributed by atoms with Gasteiger partial charge in [0.2, 0.25) is 9.99 Å². The maximum Gasteiger partial charge on any atom is 0.281 e. The fourth-order valence-corrected chi connectivity index (χ4v) is 4.87. The lowest BCUT2D eigenvalue weighted by atomic mass is 10.2. The first kappa shape index (κ1) is 17.2. The molecule has 3 rings (SSSR count). The number of hydrogen-bond acceptors (Lipinski definition) is 5. The van der Waals surface area contributed by atoms with Crippen LogP contribution in [0.5, 0.6) is 0 Å². The third kappa shape index (κ3) is 2.89. The van der Waals surface area contributed by atoms with Crippen molar-refractivity contribution < 1.29 is 8.42 Å². The number of aromatic nitrogens is 3. The highest BCUT2D eigenvalue weighted by Crippen LogP contribution is 2.29. The van der Waals surface area contributed by atoms with Crippen LogP contribution in [0.25, 0.3) is 4.96 Å². The number of aryl methyl sites for hydroxylation is 1. The Hall–Kier alpha value is -1.64. The van der Waals surface area contributed by atoms with Gasteiger partial charge in [-0.15, -0.1) is 0 Å². The van der Waals surface area contributed by atoms with Crippen molar-refractivity contribution >= 4 is 43.6 Å². The van der Waals surface area contributed by atoms with Gasteiger partial charge in [-0.1, -0.05) is 42.9 Å². The first-order valence-corrected chi connectivity index (χ1v) is 10.0. The zero-order chi connectivity index (χ0) is 17.6. The molecule has 0 saturated heterocycles. The first-order valence-electron chi connectivity index (χ1n) is 7.34. The quantitative estimate of drug-likeness (QED) is 0.737. The highest BCUT2D eigenvalue weighted by molar-refractivity contribution is 7.92. The molecule has 0 spiro atoms. The Bertz CT molecular complexity index is 1020. The maximum absolute atomic E-state index is 12.9. The van der Waals surface area contributed by atoms with E-state index in [2.05, 4.69) is 14.8 Å². The maximum atomic E-state index is 12.9. The Labute approximate surface area is 149 Å². The second-order valence-corrected chi connectivity index (χ2v) is 8.80. The molecule has 0 aliphatic rings. The SMILES string of the molecule is Cc1nc2sc(C(C)C)nn2c1S(=O)(=O)Nc1cccc(Cl)c1C. The summed E-state index contributed by atoms with van der Waals surface area (Å²) in [6, 6.07) is 5.09. The summed E-state index contributed by atoms with van der Waals surface area (Å²) >= 11 is 7.46. The lowest BCUT2D eigenvalue weighted by Crippen LogP contribution is -2.17. The van der Waals surface area contributed by atoms with Crippen molar-refractivity contribution in [2.75, 3.05) is 4.72 Å². The second kappa shape index (κ2) is 6.02. The molecule has 128 valence electrons. The molecule has 0 unspecified atom stereocenters. The van der Waals surface area contributed by atoms with E-state index >= 15 is 0 Å². The third-order valence-electron chi connectivity index (χ3n) is 3.60. The van der Waals surface area contributed by atoms with Crippen molar-refractivity contribution in [1.29, 1.82) is 0 Å². The molecule has 0 bridgehead atoms. The zero-order valence-electron chi connectivity index (χ0n) is 13.7. The van der Waals surface area contributed by atoms with Crippen LogP contribution in [0.15, 0.2) is 23.2 Å². The van der Waals surface area contributed by atoms with E-state index in [0.29, 0.717) is 26.9 Å². The smallest absolute Gasteiger partial charge is 0.278 e. The fourth-order valence-electron chi connectivity index (χ4n) is 2.30. The normalized spacial score (nSPS) is 12.2. The summed E-state index contributed by atoms with van der Waals surface area (Å²) in [5.41, 5.74) is 1.52. The second-order valence-electron chi connectivity index (χ2n) is 5.81. The number of anilines is 1. The van der Waals surface area contributed by atoms with Crippen molar-refractivity contribution in [3.63, 3.8) is 0 Å². The van der Waals surface area contributed by atoms with Gasteiger partial charge in [0.05, 0.1) is 11.4 Å². The molecule has 9 heteroatoms. The summed E-state index contributed by atoms with van der Waals surface area (Å²) in [6.07, 6.45) is 0. The molecule has 24 heavy (non-hydrogen) atoms. The molecule has 6 nitrogen and oxygen atoms in total. The minimum absolute atomic E-state index is 0.0556. The molecule has 2 heterocycles. The summed E-state index contributed by atoms with van der Waals surface area (Å²) in [5, 5.41) is 5.81. The summed E-state index contributed by atoms with van der Waals surface area (Å²) in [5.74, 6) is 0.204. The van der Waals surface area contributed by atoms with Crippen LogP contribution < -0.4 is 4.72 Å². The minimum Gasteiger partial charge on any atom is -0.278 e. The standard InChI is InChI=1S/C15H17ClN4O2S2/c1-8(2)13-18-20-14(10(4)17-15(20)23-13)24(21,22)19-12-7-5-6-11(16)9(12)3/h5-8,19H,1-4H3. The molecular formula is C15H17ClN4O2S2. The third-order valence-corrected chi connectivity index (χ3v) is 6.69. The molecule has 0 aliphatic carbocycles. The molecule has 0 amide bonds. The molecule has 0 fully saturated rings. The Morgan fingerprint density at radius 3 is 2.67 bits per heavy atom. The minimum atomic E-state index is -3.84. The van der Waals surface area contributed by atoms with Gasteiger partial charge < -0.3 is 0 Å². The van der Waals surface area contributed by atoms with Crippen LogP contribution in [0.3, 0.4) is 0 Å². The van der Waals surface area contributed by atoms with E-state index in [4.69, 9.17) is 11.6 Å². The van der Waals surface area contributed by atoms with Crippen LogP contribution in [0.4, 0.5) is 5.69 Å². The van der Waals surface area contributed by atoms with Gasteiger partial charge in [-0.05, 0) is 31.5 Å². The Morgan fingerprint density at radius 1 is 1.29 bits per heavy atom. The highest BCUT2D eigenvalue weighted by atomic mass is 35.5. The van der Waals surface area contributed by atoms with Gasteiger partial charge in [-0.25, -0.2) is 4.98 Å². The Morgan fingerprint density at radius 2 is 2.00 bits per heavy atom. The average molecular weight is 385 g/mol. The summed E-state index contributed by atoms with van der Waals surface area (Å²) in [7, 11) is -3.84. The zero-order valence-corrected chi connectivity index (χ0v) is 16.1. The number of fused-ring (bicyclic) bond motifs is 1. The van der Waals surface area contributed by atoms with Crippen molar-refractivity contribution in [2.45, 2.75) is 38.6 Å². The van der Waals surface area contributed by atoms with Crippen molar-refractivity contribution in [1.82, 2.24) is 14.6 Å². The predicted octanol–water partition coefficient (Wildman–Crippen LogP) is 3.99. The first-order chi connectivity index (χ1) is 11.2. The van der Waals surface area contributed by atoms with Gasteiger partial charge in [0.15, 0.2) is 0 Å². The van der Waals surface area contributed by atoms with Crippen LogP contribution in [0, 0.1) is 13.8 Å². The van der Waals surface area contributed by atoms with E-state index in [0.717, 1.165) is 5.01 Å². The van der Waals surface area contributed by atoms with Crippen LogP contribution >= 0.6 is 22.9 Å². The van der Waals surface area contributed by atoms with Gasteiger partial charge in [-0.2, -0.15) is 18.0 Å². The van der Waals surface area contributed by atoms with Gasteiger partial charge >= 0.3 is 0 Å². The molecular weight excluding hydrogens is 368 g/mol. The van der Waals surface area contributed by atoms with Crippen LogP contribution in [0.1, 0.15) is 36.0 Å². The summed E-state index contributed by atoms with van der Waals surface area (Å²) in [6.45, 7) is 7.44. The van der Waals surface area contributed by atoms with E-state index in [1.54, 1.807) is 32.0 Å². The van der Waals surface area contributed by atoms with Crippen LogP contribution in [0.2, 0.25) is 5.02 Å². The van der Waals surface area contributed by atoms with Crippen LogP contribution in [-0.4, -0.2) is 23.0 Å². The van der Waals surface area contributed by atoms with E-state index in [1.165, 1.54) is 15.9 Å². The molecule has 2 aromatic heterocycles. The highest BCUT2D eigenvalue weighted by Gasteiger charge is 2.27. The van der Waals surface area contributed by atoms with Gasteiger partial charge in [-0.3, -0.25) is 4.72 Å². The number of nitrogens with zero attached hydrogens (tertiary/aromatic N) is 3. The monoisotopic (exact) mass is 384 g/mol. The number of sulfonamides is 1. The van der Waals surface area contributed by atoms with E-state index < -0.39 is 10.0 Å². The molecule has 0 saturated carbocycles. The van der Waals surface area contributed by atoms with E-state index in [-0.39, 0.29) is 10.9 Å². The number of halogens is 1. The van der Waals surface area contributed by atoms with Crippen molar-refractivity contribution in [2.24, 2.45) is 0 Å². The molecule has 1 aromatic carbocycles. The molecule has 0 atom stereocenters. The van der Waals surface area contributed by atoms with Crippen molar-refractivity contribution in [3.8, 4) is 0 Å². The number of nitrogens with one attached hydrogen (secondary N) is 1. The van der Waals surface area contributed by atoms with Crippen LogP contribution in [-0.2, 0) is 10.0 Å². The topological polar surface area (TPSA) is 76.4 Å². The number of imidazole rings is 1. The molecule has 0 aliphatic heterocycles. The Kier molecular flexibility index (Phi) is 4.31. The largest absolute Gasteiger partial charge is 0.281 e. The average Bonchev–Trinajstić information content (AvgIpc) is 3.00. The summed E-state index contributed by atoms with van der Waals surface area (Å²) in [4.78, 5) is 4.91. The number of hydrogen-bond donors (Lipinski definition) is 1. The van der Waals surface area contributed by atoms with Gasteiger partial charge in [0.25, 0.3) is 10.0 Å². The molecule has 0 radical (unpaired) electrons. The molecule has 1 N–H and O–H groups in total. The number of rotatable bonds is 4. The van der Waals surface area contributed by atoms with Gasteiger partial charge in [0.1, 0.15) is 5.01 Å².